The van der Waals surface area contributed by atoms with Crippen LogP contribution in [0.2, 0.25) is 0 Å². The quantitative estimate of drug-likeness (QED) is 0.0953. The Balaban J connectivity index is 3.29. The van der Waals surface area contributed by atoms with Gasteiger partial charge in [0, 0.05) is 0 Å². The molecule has 0 heterocycles. The van der Waals surface area contributed by atoms with Gasteiger partial charge in [-0.3, -0.25) is 4.18 Å². The van der Waals surface area contributed by atoms with Crippen LogP contribution in [0.4, 0.5) is 0 Å². The van der Waals surface area contributed by atoms with Crippen LogP contribution >= 0.6 is 0 Å². The van der Waals surface area contributed by atoms with Crippen LogP contribution in [-0.4, -0.2) is 20.8 Å². The van der Waals surface area contributed by atoms with Gasteiger partial charge in [-0.1, -0.05) is 149 Å². The molecule has 0 bridgehead atoms. The van der Waals surface area contributed by atoms with Crippen LogP contribution in [0.15, 0.2) is 0 Å². The van der Waals surface area contributed by atoms with E-state index >= 15 is 0 Å². The number of hydrogen-bond acceptors (Lipinski definition) is 3. The molecule has 0 amide bonds. The van der Waals surface area contributed by atoms with Crippen molar-refractivity contribution in [1.29, 1.82) is 0 Å². The molecule has 31 heavy (non-hydrogen) atoms. The fraction of sp³-hybridized carbons (Fsp3) is 1.00. The Morgan fingerprint density at radius 3 is 1.06 bits per heavy atom. The third-order valence-electron chi connectivity index (χ3n) is 6.26. The molecule has 0 N–H and O–H groups in total. The summed E-state index contributed by atoms with van der Waals surface area (Å²) in [6.45, 7) is 4.88. The summed E-state index contributed by atoms with van der Waals surface area (Å²) in [6.07, 6.45) is 29.1. The molecule has 0 aromatic rings. The summed E-state index contributed by atoms with van der Waals surface area (Å²) < 4.78 is 29.1. The van der Waals surface area contributed by atoms with E-state index in [1.807, 2.05) is 0 Å². The molecule has 0 fully saturated rings. The highest BCUT2D eigenvalue weighted by Gasteiger charge is 2.10. The van der Waals surface area contributed by atoms with Gasteiger partial charge in [0.1, 0.15) is 0 Å². The van der Waals surface area contributed by atoms with Gasteiger partial charge < -0.3 is 0 Å². The van der Waals surface area contributed by atoms with Crippen LogP contribution in [0.5, 0.6) is 0 Å². The van der Waals surface area contributed by atoms with Crippen LogP contribution in [-0.2, 0) is 14.3 Å². The summed E-state index contributed by atoms with van der Waals surface area (Å²) in [5.41, 5.74) is 0. The lowest BCUT2D eigenvalue weighted by Gasteiger charge is -2.06. The highest BCUT2D eigenvalue weighted by atomic mass is 32.2. The molecule has 0 rings (SSSR count). The van der Waals surface area contributed by atoms with Crippen molar-refractivity contribution in [2.75, 3.05) is 12.4 Å². The minimum absolute atomic E-state index is 0.196. The monoisotopic (exact) mass is 460 g/mol. The maximum atomic E-state index is 11.9. The van der Waals surface area contributed by atoms with E-state index in [2.05, 4.69) is 13.8 Å². The summed E-state index contributed by atoms with van der Waals surface area (Å²) in [5.74, 6) is 0.196. The second kappa shape index (κ2) is 24.6. The third-order valence-corrected chi connectivity index (χ3v) is 7.57. The average molecular weight is 461 g/mol. The van der Waals surface area contributed by atoms with Crippen molar-refractivity contribution < 1.29 is 12.6 Å². The molecule has 188 valence electrons. The lowest BCUT2D eigenvalue weighted by molar-refractivity contribution is 0.305. The van der Waals surface area contributed by atoms with Crippen LogP contribution in [0.1, 0.15) is 162 Å². The molecule has 4 heteroatoms. The maximum Gasteiger partial charge on any atom is 0.267 e. The van der Waals surface area contributed by atoms with Crippen molar-refractivity contribution in [3.8, 4) is 0 Å². The molecular formula is C27H56O3S. The van der Waals surface area contributed by atoms with Crippen molar-refractivity contribution in [2.45, 2.75) is 162 Å². The highest BCUT2D eigenvalue weighted by molar-refractivity contribution is 7.86. The summed E-state index contributed by atoms with van der Waals surface area (Å²) in [7, 11) is -3.30. The normalized spacial score (nSPS) is 11.9. The van der Waals surface area contributed by atoms with Gasteiger partial charge in [-0.15, -0.1) is 0 Å². The Bertz CT molecular complexity index is 434. The van der Waals surface area contributed by atoms with Crippen LogP contribution in [0.25, 0.3) is 0 Å². The Kier molecular flexibility index (Phi) is 24.5. The maximum absolute atomic E-state index is 11.9. The lowest BCUT2D eigenvalue weighted by atomic mass is 10.0. The van der Waals surface area contributed by atoms with E-state index in [0.717, 1.165) is 32.1 Å². The Hall–Kier alpha value is -0.0900. The fourth-order valence-electron chi connectivity index (χ4n) is 4.13. The zero-order valence-corrected chi connectivity index (χ0v) is 22.1. The topological polar surface area (TPSA) is 43.4 Å². The molecule has 0 aliphatic heterocycles. The second-order valence-corrected chi connectivity index (χ2v) is 11.3. The van der Waals surface area contributed by atoms with Crippen molar-refractivity contribution in [1.82, 2.24) is 0 Å². The van der Waals surface area contributed by atoms with Gasteiger partial charge in [0.05, 0.1) is 12.4 Å². The first-order chi connectivity index (χ1) is 15.1. The molecule has 0 aromatic carbocycles. The van der Waals surface area contributed by atoms with Crippen LogP contribution < -0.4 is 0 Å². The predicted octanol–water partition coefficient (Wildman–Crippen LogP) is 9.34. The molecule has 0 spiro atoms. The standard InChI is InChI=1S/C27H56O3S/c1-3-5-7-9-11-13-14-15-16-17-18-20-22-24-26-30-31(28,29)27-25-23-21-19-12-10-8-6-4-2/h3-27H2,1-2H3. The third kappa shape index (κ3) is 26.0. The van der Waals surface area contributed by atoms with Gasteiger partial charge in [-0.2, -0.15) is 8.42 Å². The first kappa shape index (κ1) is 30.9. The molecule has 0 saturated heterocycles. The van der Waals surface area contributed by atoms with Gasteiger partial charge in [-0.05, 0) is 12.8 Å². The fourth-order valence-corrected chi connectivity index (χ4v) is 5.18. The minimum atomic E-state index is -3.30. The smallest absolute Gasteiger partial charge is 0.267 e. The second-order valence-electron chi connectivity index (χ2n) is 9.51. The molecule has 0 atom stereocenters. The average Bonchev–Trinajstić information content (AvgIpc) is 2.75. The first-order valence-electron chi connectivity index (χ1n) is 14.0. The van der Waals surface area contributed by atoms with E-state index in [1.54, 1.807) is 0 Å². The lowest BCUT2D eigenvalue weighted by Crippen LogP contribution is -2.11. The van der Waals surface area contributed by atoms with Gasteiger partial charge in [0.15, 0.2) is 0 Å². The minimum Gasteiger partial charge on any atom is -0.270 e. The van der Waals surface area contributed by atoms with Crippen LogP contribution in [0.3, 0.4) is 0 Å². The summed E-state index contributed by atoms with van der Waals surface area (Å²) >= 11 is 0. The number of hydrogen-bond donors (Lipinski definition) is 0. The molecule has 0 radical (unpaired) electrons. The molecular weight excluding hydrogens is 404 g/mol. The molecule has 0 saturated carbocycles. The van der Waals surface area contributed by atoms with Crippen molar-refractivity contribution in [3.63, 3.8) is 0 Å². The molecule has 0 aromatic heterocycles. The molecule has 0 aliphatic rings. The first-order valence-corrected chi connectivity index (χ1v) is 15.6. The van der Waals surface area contributed by atoms with E-state index in [1.165, 1.54) is 116 Å². The van der Waals surface area contributed by atoms with Gasteiger partial charge in [0.2, 0.25) is 0 Å². The van der Waals surface area contributed by atoms with Crippen molar-refractivity contribution >= 4 is 10.1 Å². The SMILES string of the molecule is CCCCCCCCCCCCCCCCOS(=O)(=O)CCCCCCCCCCC. The Labute approximate surface area is 196 Å². The molecule has 3 nitrogen and oxygen atoms in total. The van der Waals surface area contributed by atoms with E-state index in [9.17, 15) is 8.42 Å². The van der Waals surface area contributed by atoms with Crippen LogP contribution in [0, 0.1) is 0 Å². The number of rotatable bonds is 26. The zero-order chi connectivity index (χ0) is 22.9. The summed E-state index contributed by atoms with van der Waals surface area (Å²) in [4.78, 5) is 0. The van der Waals surface area contributed by atoms with E-state index in [-0.39, 0.29) is 5.75 Å². The molecule has 0 aliphatic carbocycles. The van der Waals surface area contributed by atoms with Crippen molar-refractivity contribution in [2.24, 2.45) is 0 Å². The molecule has 0 unspecified atom stereocenters. The van der Waals surface area contributed by atoms with Gasteiger partial charge in [0.25, 0.3) is 10.1 Å². The van der Waals surface area contributed by atoms with E-state index in [4.69, 9.17) is 4.18 Å². The summed E-state index contributed by atoms with van der Waals surface area (Å²) in [5, 5.41) is 0. The van der Waals surface area contributed by atoms with E-state index < -0.39 is 10.1 Å². The van der Waals surface area contributed by atoms with E-state index in [0.29, 0.717) is 6.61 Å². The Morgan fingerprint density at radius 2 is 0.710 bits per heavy atom. The number of unbranched alkanes of at least 4 members (excludes halogenated alkanes) is 21. The predicted molar refractivity (Wildman–Crippen MR) is 137 cm³/mol. The van der Waals surface area contributed by atoms with Crippen molar-refractivity contribution in [3.05, 3.63) is 0 Å². The largest absolute Gasteiger partial charge is 0.270 e. The Morgan fingerprint density at radius 1 is 0.419 bits per heavy atom. The van der Waals surface area contributed by atoms with Gasteiger partial charge >= 0.3 is 0 Å². The highest BCUT2D eigenvalue weighted by Crippen LogP contribution is 2.14. The zero-order valence-electron chi connectivity index (χ0n) is 21.3. The summed E-state index contributed by atoms with van der Waals surface area (Å²) in [6, 6.07) is 0. The van der Waals surface area contributed by atoms with Gasteiger partial charge in [-0.25, -0.2) is 0 Å².